The van der Waals surface area contributed by atoms with Gasteiger partial charge in [-0.15, -0.1) is 0 Å². The van der Waals surface area contributed by atoms with Gasteiger partial charge < -0.3 is 9.84 Å². The van der Waals surface area contributed by atoms with Crippen LogP contribution in [-0.4, -0.2) is 17.7 Å². The molecular formula is C8H14O3. The van der Waals surface area contributed by atoms with Gasteiger partial charge in [0, 0.05) is 0 Å². The highest BCUT2D eigenvalue weighted by atomic mass is 16.5. The molecule has 0 fully saturated rings. The van der Waals surface area contributed by atoms with Crippen molar-refractivity contribution in [3.05, 3.63) is 11.8 Å². The van der Waals surface area contributed by atoms with Crippen molar-refractivity contribution in [2.24, 2.45) is 5.92 Å². The van der Waals surface area contributed by atoms with E-state index in [2.05, 4.69) is 0 Å². The largest absolute Gasteiger partial charge is 0.512 e. The van der Waals surface area contributed by atoms with Gasteiger partial charge in [-0.2, -0.15) is 0 Å². The van der Waals surface area contributed by atoms with Crippen molar-refractivity contribution in [1.29, 1.82) is 0 Å². The average molecular weight is 158 g/mol. The van der Waals surface area contributed by atoms with Crippen LogP contribution in [0.25, 0.3) is 0 Å². The van der Waals surface area contributed by atoms with Crippen LogP contribution in [0.3, 0.4) is 0 Å². The molecule has 0 aromatic rings. The van der Waals surface area contributed by atoms with E-state index >= 15 is 0 Å². The van der Waals surface area contributed by atoms with Gasteiger partial charge in [0.2, 0.25) is 0 Å². The Labute approximate surface area is 66.7 Å². The first-order valence-corrected chi connectivity index (χ1v) is 3.56. The molecule has 0 aromatic carbocycles. The van der Waals surface area contributed by atoms with E-state index in [1.807, 2.05) is 13.8 Å². The van der Waals surface area contributed by atoms with Crippen molar-refractivity contribution in [2.45, 2.75) is 20.8 Å². The van der Waals surface area contributed by atoms with Gasteiger partial charge in [-0.3, -0.25) is 0 Å². The van der Waals surface area contributed by atoms with Crippen molar-refractivity contribution < 1.29 is 14.6 Å². The van der Waals surface area contributed by atoms with E-state index in [4.69, 9.17) is 9.84 Å². The molecule has 0 aromatic heterocycles. The van der Waals surface area contributed by atoms with Gasteiger partial charge in [-0.25, -0.2) is 4.79 Å². The summed E-state index contributed by atoms with van der Waals surface area (Å²) >= 11 is 0. The molecule has 3 nitrogen and oxygen atoms in total. The van der Waals surface area contributed by atoms with Crippen LogP contribution in [0, 0.1) is 5.92 Å². The van der Waals surface area contributed by atoms with E-state index in [9.17, 15) is 4.79 Å². The summed E-state index contributed by atoms with van der Waals surface area (Å²) in [7, 11) is 0. The van der Waals surface area contributed by atoms with Crippen LogP contribution in [0.4, 0.5) is 0 Å². The Morgan fingerprint density at radius 2 is 2.18 bits per heavy atom. The maximum absolute atomic E-state index is 10.7. The molecule has 0 amide bonds. The van der Waals surface area contributed by atoms with Crippen LogP contribution in [0.15, 0.2) is 11.8 Å². The predicted molar refractivity (Wildman–Crippen MR) is 42.2 cm³/mol. The fourth-order valence-electron chi connectivity index (χ4n) is 0.461. The molecule has 64 valence electrons. The second-order valence-electron chi connectivity index (χ2n) is 2.81. The molecular weight excluding hydrogens is 144 g/mol. The lowest BCUT2D eigenvalue weighted by molar-refractivity contribution is -0.138. The summed E-state index contributed by atoms with van der Waals surface area (Å²) in [6.07, 6.45) is 1.06. The first kappa shape index (κ1) is 10.0. The average Bonchev–Trinajstić information content (AvgIpc) is 1.82. The Bertz CT molecular complexity index is 155. The van der Waals surface area contributed by atoms with Crippen LogP contribution in [0.1, 0.15) is 20.8 Å². The number of aliphatic hydroxyl groups excluding tert-OH is 1. The first-order valence-electron chi connectivity index (χ1n) is 3.56. The monoisotopic (exact) mass is 158 g/mol. The highest BCUT2D eigenvalue weighted by molar-refractivity contribution is 5.82. The number of carbonyl (C=O) groups excluding carboxylic acids is 1. The van der Waals surface area contributed by atoms with E-state index in [1.54, 1.807) is 0 Å². The molecule has 0 unspecified atom stereocenters. The summed E-state index contributed by atoms with van der Waals surface area (Å²) in [6, 6.07) is 0. The number of ether oxygens (including phenoxy) is 1. The van der Waals surface area contributed by atoms with E-state index in [-0.39, 0.29) is 5.76 Å². The van der Waals surface area contributed by atoms with Gasteiger partial charge in [-0.05, 0) is 12.8 Å². The van der Waals surface area contributed by atoms with Crippen LogP contribution < -0.4 is 0 Å². The highest BCUT2D eigenvalue weighted by Gasteiger charge is 2.00. The minimum absolute atomic E-state index is 0.0289. The number of esters is 1. The zero-order valence-electron chi connectivity index (χ0n) is 7.13. The number of aliphatic hydroxyl groups is 1. The minimum atomic E-state index is -0.487. The zero-order valence-corrected chi connectivity index (χ0v) is 7.13. The predicted octanol–water partition coefficient (Wildman–Crippen LogP) is 1.65. The topological polar surface area (TPSA) is 46.5 Å². The van der Waals surface area contributed by atoms with Crippen molar-refractivity contribution in [3.8, 4) is 0 Å². The molecule has 0 aliphatic carbocycles. The Hall–Kier alpha value is -0.990. The standard InChI is InChI=1S/C8H14O3/c1-6(2)5-11-8(10)4-7(3)9/h4,6,9H,5H2,1-3H3/b7-4-. The highest BCUT2D eigenvalue weighted by Crippen LogP contribution is 1.94. The van der Waals surface area contributed by atoms with Gasteiger partial charge in [0.15, 0.2) is 0 Å². The summed E-state index contributed by atoms with van der Waals surface area (Å²) in [5, 5.41) is 8.65. The maximum atomic E-state index is 10.7. The summed E-state index contributed by atoms with van der Waals surface area (Å²) in [4.78, 5) is 10.7. The minimum Gasteiger partial charge on any atom is -0.512 e. The molecule has 0 heterocycles. The fourth-order valence-corrected chi connectivity index (χ4v) is 0.461. The van der Waals surface area contributed by atoms with Gasteiger partial charge in [0.25, 0.3) is 0 Å². The summed E-state index contributed by atoms with van der Waals surface area (Å²) in [6.45, 7) is 5.71. The second-order valence-corrected chi connectivity index (χ2v) is 2.81. The third-order valence-electron chi connectivity index (χ3n) is 0.886. The normalized spacial score (nSPS) is 11.8. The molecule has 0 bridgehead atoms. The van der Waals surface area contributed by atoms with E-state index in [0.717, 1.165) is 6.08 Å². The summed E-state index contributed by atoms with van der Waals surface area (Å²) in [5.74, 6) is -0.191. The number of carbonyl (C=O) groups is 1. The van der Waals surface area contributed by atoms with Crippen molar-refractivity contribution >= 4 is 5.97 Å². The fraction of sp³-hybridized carbons (Fsp3) is 0.625. The molecule has 0 radical (unpaired) electrons. The number of hydrogen-bond acceptors (Lipinski definition) is 3. The van der Waals surface area contributed by atoms with Gasteiger partial charge in [-0.1, -0.05) is 13.8 Å². The van der Waals surface area contributed by atoms with Gasteiger partial charge >= 0.3 is 5.97 Å². The molecule has 3 heteroatoms. The van der Waals surface area contributed by atoms with E-state index < -0.39 is 5.97 Å². The summed E-state index contributed by atoms with van der Waals surface area (Å²) < 4.78 is 4.74. The smallest absolute Gasteiger partial charge is 0.334 e. The van der Waals surface area contributed by atoms with Gasteiger partial charge in [0.1, 0.15) is 0 Å². The molecule has 1 N–H and O–H groups in total. The molecule has 0 saturated heterocycles. The number of allylic oxidation sites excluding steroid dienone is 1. The van der Waals surface area contributed by atoms with Crippen LogP contribution in [0.2, 0.25) is 0 Å². The Kier molecular flexibility index (Phi) is 4.34. The Morgan fingerprint density at radius 1 is 1.64 bits per heavy atom. The first-order chi connectivity index (χ1) is 5.02. The summed E-state index contributed by atoms with van der Waals surface area (Å²) in [5.41, 5.74) is 0. The molecule has 0 saturated carbocycles. The molecule has 0 atom stereocenters. The maximum Gasteiger partial charge on any atom is 0.334 e. The van der Waals surface area contributed by atoms with E-state index in [0.29, 0.717) is 12.5 Å². The molecule has 0 aliphatic heterocycles. The molecule has 0 spiro atoms. The third kappa shape index (κ3) is 6.90. The van der Waals surface area contributed by atoms with Crippen molar-refractivity contribution in [1.82, 2.24) is 0 Å². The lowest BCUT2D eigenvalue weighted by Crippen LogP contribution is -2.07. The lowest BCUT2D eigenvalue weighted by atomic mass is 10.2. The van der Waals surface area contributed by atoms with Gasteiger partial charge in [0.05, 0.1) is 18.4 Å². The zero-order chi connectivity index (χ0) is 8.85. The SMILES string of the molecule is C/C(O)=C/C(=O)OCC(C)C. The van der Waals surface area contributed by atoms with Crippen LogP contribution in [0.5, 0.6) is 0 Å². The van der Waals surface area contributed by atoms with Crippen LogP contribution >= 0.6 is 0 Å². The van der Waals surface area contributed by atoms with Crippen molar-refractivity contribution in [2.75, 3.05) is 6.61 Å². The molecule has 0 aliphatic rings. The quantitative estimate of drug-likeness (QED) is 0.386. The molecule has 11 heavy (non-hydrogen) atoms. The molecule has 0 rings (SSSR count). The second kappa shape index (κ2) is 4.77. The van der Waals surface area contributed by atoms with Crippen molar-refractivity contribution in [3.63, 3.8) is 0 Å². The Morgan fingerprint density at radius 3 is 2.55 bits per heavy atom. The van der Waals surface area contributed by atoms with Crippen LogP contribution in [-0.2, 0) is 9.53 Å². The number of rotatable bonds is 3. The van der Waals surface area contributed by atoms with E-state index in [1.165, 1.54) is 6.92 Å². The lowest BCUT2D eigenvalue weighted by Gasteiger charge is -2.03. The third-order valence-corrected chi connectivity index (χ3v) is 0.886. The Balaban J connectivity index is 3.63. The number of hydrogen-bond donors (Lipinski definition) is 1.